The van der Waals surface area contributed by atoms with Crippen LogP contribution in [0.15, 0.2) is 18.2 Å². The van der Waals surface area contributed by atoms with Crippen LogP contribution in [0, 0.1) is 19.8 Å². The number of alkyl halides is 1. The first kappa shape index (κ1) is 12.0. The predicted octanol–water partition coefficient (Wildman–Crippen LogP) is 4.64. The van der Waals surface area contributed by atoms with E-state index in [-0.39, 0.29) is 0 Å². The highest BCUT2D eigenvalue weighted by Crippen LogP contribution is 2.31. The molecule has 0 heterocycles. The lowest BCUT2D eigenvalue weighted by molar-refractivity contribution is 0.364. The smallest absolute Gasteiger partial charge is 0.0367 e. The Labute approximate surface area is 104 Å². The maximum Gasteiger partial charge on any atom is 0.0367 e. The second-order valence-corrected chi connectivity index (χ2v) is 5.74. The van der Waals surface area contributed by atoms with Gasteiger partial charge in [-0.2, -0.15) is 0 Å². The minimum Gasteiger partial charge on any atom is -0.123 e. The third-order valence-corrected chi connectivity index (χ3v) is 4.46. The Morgan fingerprint density at radius 1 is 1.12 bits per heavy atom. The summed E-state index contributed by atoms with van der Waals surface area (Å²) < 4.78 is 0. The zero-order valence-electron chi connectivity index (χ0n) is 10.3. The van der Waals surface area contributed by atoms with Crippen LogP contribution in [0.2, 0.25) is 0 Å². The number of halogens is 1. The third kappa shape index (κ3) is 2.79. The minimum atomic E-state index is 0.398. The van der Waals surface area contributed by atoms with Gasteiger partial charge in [0.05, 0.1) is 0 Å². The molecule has 0 radical (unpaired) electrons. The van der Waals surface area contributed by atoms with Gasteiger partial charge in [-0.3, -0.25) is 0 Å². The average Bonchev–Trinajstić information content (AvgIpc) is 2.27. The molecule has 1 aliphatic rings. The third-order valence-electron chi connectivity index (χ3n) is 3.89. The van der Waals surface area contributed by atoms with E-state index in [1.54, 1.807) is 0 Å². The van der Waals surface area contributed by atoms with Crippen LogP contribution in [-0.2, 0) is 6.42 Å². The van der Waals surface area contributed by atoms with Crippen molar-refractivity contribution in [3.8, 4) is 0 Å². The molecule has 1 fully saturated rings. The van der Waals surface area contributed by atoms with Gasteiger partial charge < -0.3 is 0 Å². The molecule has 0 saturated heterocycles. The lowest BCUT2D eigenvalue weighted by Crippen LogP contribution is -2.21. The molecule has 0 aromatic heterocycles. The van der Waals surface area contributed by atoms with Gasteiger partial charge in [0.2, 0.25) is 0 Å². The summed E-state index contributed by atoms with van der Waals surface area (Å²) in [6, 6.07) is 6.82. The number of hydrogen-bond donors (Lipinski definition) is 0. The van der Waals surface area contributed by atoms with Crippen molar-refractivity contribution in [1.29, 1.82) is 0 Å². The van der Waals surface area contributed by atoms with Crippen LogP contribution in [0.25, 0.3) is 0 Å². The SMILES string of the molecule is Cc1ccc(CC2CCCCC2Cl)cc1C. The van der Waals surface area contributed by atoms with Crippen LogP contribution in [0.5, 0.6) is 0 Å². The summed E-state index contributed by atoms with van der Waals surface area (Å²) >= 11 is 6.40. The Bertz CT molecular complexity index is 356. The normalized spacial score (nSPS) is 25.7. The molecular formula is C15H21Cl. The second kappa shape index (κ2) is 5.23. The molecule has 0 aliphatic heterocycles. The van der Waals surface area contributed by atoms with Crippen LogP contribution in [-0.4, -0.2) is 5.38 Å². The van der Waals surface area contributed by atoms with E-state index in [1.165, 1.54) is 42.4 Å². The van der Waals surface area contributed by atoms with Gasteiger partial charge in [-0.25, -0.2) is 0 Å². The fraction of sp³-hybridized carbons (Fsp3) is 0.600. The molecule has 0 nitrogen and oxygen atoms in total. The molecule has 16 heavy (non-hydrogen) atoms. The Morgan fingerprint density at radius 3 is 2.56 bits per heavy atom. The molecule has 1 aromatic rings. The van der Waals surface area contributed by atoms with E-state index in [2.05, 4.69) is 32.0 Å². The summed E-state index contributed by atoms with van der Waals surface area (Å²) in [5.41, 5.74) is 4.25. The van der Waals surface area contributed by atoms with E-state index in [1.807, 2.05) is 0 Å². The quantitative estimate of drug-likeness (QED) is 0.656. The van der Waals surface area contributed by atoms with Gasteiger partial charge in [0, 0.05) is 5.38 Å². The summed E-state index contributed by atoms with van der Waals surface area (Å²) in [5, 5.41) is 0.398. The van der Waals surface area contributed by atoms with E-state index in [0.717, 1.165) is 6.42 Å². The molecule has 2 unspecified atom stereocenters. The maximum absolute atomic E-state index is 6.40. The number of aryl methyl sites for hydroxylation is 2. The van der Waals surface area contributed by atoms with E-state index in [4.69, 9.17) is 11.6 Å². The van der Waals surface area contributed by atoms with Gasteiger partial charge in [0.1, 0.15) is 0 Å². The van der Waals surface area contributed by atoms with Crippen molar-refractivity contribution in [3.05, 3.63) is 34.9 Å². The van der Waals surface area contributed by atoms with Gasteiger partial charge in [-0.15, -0.1) is 11.6 Å². The van der Waals surface area contributed by atoms with Crippen LogP contribution in [0.3, 0.4) is 0 Å². The zero-order valence-corrected chi connectivity index (χ0v) is 11.1. The molecule has 1 aromatic carbocycles. The van der Waals surface area contributed by atoms with Crippen molar-refractivity contribution >= 4 is 11.6 Å². The predicted molar refractivity (Wildman–Crippen MR) is 71.2 cm³/mol. The molecular weight excluding hydrogens is 216 g/mol. The molecule has 0 N–H and O–H groups in total. The fourth-order valence-corrected chi connectivity index (χ4v) is 2.99. The van der Waals surface area contributed by atoms with Gasteiger partial charge in [-0.1, -0.05) is 31.0 Å². The molecule has 88 valence electrons. The average molecular weight is 237 g/mol. The topological polar surface area (TPSA) is 0 Å². The summed E-state index contributed by atoms with van der Waals surface area (Å²) in [6.07, 6.45) is 6.35. The monoisotopic (exact) mass is 236 g/mol. The summed E-state index contributed by atoms with van der Waals surface area (Å²) in [6.45, 7) is 4.36. The number of hydrogen-bond acceptors (Lipinski definition) is 0. The summed E-state index contributed by atoms with van der Waals surface area (Å²) in [7, 11) is 0. The van der Waals surface area contributed by atoms with Gasteiger partial charge >= 0.3 is 0 Å². The molecule has 2 rings (SSSR count). The van der Waals surface area contributed by atoms with Gasteiger partial charge in [0.15, 0.2) is 0 Å². The minimum absolute atomic E-state index is 0.398. The molecule has 1 aliphatic carbocycles. The summed E-state index contributed by atoms with van der Waals surface area (Å²) in [5.74, 6) is 0.692. The second-order valence-electron chi connectivity index (χ2n) is 5.18. The molecule has 1 saturated carbocycles. The standard InChI is InChI=1S/C15H21Cl/c1-11-7-8-13(9-12(11)2)10-14-5-3-4-6-15(14)16/h7-9,14-15H,3-6,10H2,1-2H3. The zero-order chi connectivity index (χ0) is 11.5. The van der Waals surface area contributed by atoms with Crippen molar-refractivity contribution in [2.24, 2.45) is 5.92 Å². The van der Waals surface area contributed by atoms with E-state index in [9.17, 15) is 0 Å². The Hall–Kier alpha value is -0.490. The highest BCUT2D eigenvalue weighted by atomic mass is 35.5. The molecule has 2 atom stereocenters. The van der Waals surface area contributed by atoms with E-state index >= 15 is 0 Å². The first-order valence-electron chi connectivity index (χ1n) is 6.37. The van der Waals surface area contributed by atoms with Crippen LogP contribution in [0.1, 0.15) is 42.4 Å². The summed E-state index contributed by atoms with van der Waals surface area (Å²) in [4.78, 5) is 0. The van der Waals surface area contributed by atoms with E-state index < -0.39 is 0 Å². The molecule has 0 bridgehead atoms. The Balaban J connectivity index is 2.05. The van der Waals surface area contributed by atoms with Crippen molar-refractivity contribution in [1.82, 2.24) is 0 Å². The van der Waals surface area contributed by atoms with Gasteiger partial charge in [0.25, 0.3) is 0 Å². The number of rotatable bonds is 2. The Kier molecular flexibility index (Phi) is 3.91. The highest BCUT2D eigenvalue weighted by Gasteiger charge is 2.23. The lowest BCUT2D eigenvalue weighted by Gasteiger charge is -2.27. The van der Waals surface area contributed by atoms with Crippen LogP contribution >= 0.6 is 11.6 Å². The molecule has 0 spiro atoms. The highest BCUT2D eigenvalue weighted by molar-refractivity contribution is 6.20. The molecule has 0 amide bonds. The van der Waals surface area contributed by atoms with Crippen molar-refractivity contribution in [2.45, 2.75) is 51.3 Å². The van der Waals surface area contributed by atoms with Gasteiger partial charge in [-0.05, 0) is 55.7 Å². The van der Waals surface area contributed by atoms with E-state index in [0.29, 0.717) is 11.3 Å². The fourth-order valence-electron chi connectivity index (χ4n) is 2.63. The Morgan fingerprint density at radius 2 is 1.88 bits per heavy atom. The van der Waals surface area contributed by atoms with Crippen LogP contribution in [0.4, 0.5) is 0 Å². The maximum atomic E-state index is 6.40. The van der Waals surface area contributed by atoms with Crippen LogP contribution < -0.4 is 0 Å². The van der Waals surface area contributed by atoms with Crippen molar-refractivity contribution in [2.75, 3.05) is 0 Å². The number of benzene rings is 1. The largest absolute Gasteiger partial charge is 0.123 e. The molecule has 1 heteroatoms. The lowest BCUT2D eigenvalue weighted by atomic mass is 9.84. The first-order valence-corrected chi connectivity index (χ1v) is 6.80. The van der Waals surface area contributed by atoms with Crippen molar-refractivity contribution in [3.63, 3.8) is 0 Å². The van der Waals surface area contributed by atoms with Crippen molar-refractivity contribution < 1.29 is 0 Å². The first-order chi connectivity index (χ1) is 7.66.